The number of hydrogen-bond donors (Lipinski definition) is 2. The lowest BCUT2D eigenvalue weighted by Gasteiger charge is -2.31. The zero-order valence-corrected chi connectivity index (χ0v) is 14.8. The van der Waals surface area contributed by atoms with Crippen LogP contribution in [0.1, 0.15) is 30.0 Å². The summed E-state index contributed by atoms with van der Waals surface area (Å²) in [4.78, 5) is 14.3. The Morgan fingerprint density at radius 1 is 1.30 bits per heavy atom. The van der Waals surface area contributed by atoms with Crippen molar-refractivity contribution < 1.29 is 9.18 Å². The van der Waals surface area contributed by atoms with Crippen LogP contribution in [0.4, 0.5) is 14.9 Å². The predicted molar refractivity (Wildman–Crippen MR) is 98.9 cm³/mol. The van der Waals surface area contributed by atoms with E-state index in [0.29, 0.717) is 31.2 Å². The van der Waals surface area contributed by atoms with Gasteiger partial charge in [0.05, 0.1) is 18.4 Å². The van der Waals surface area contributed by atoms with E-state index in [1.807, 2.05) is 17.0 Å². The maximum Gasteiger partial charge on any atom is 0.321 e. The molecule has 0 bridgehead atoms. The minimum absolute atomic E-state index is 0.122. The molecular formula is C19H21FN6O. The van der Waals surface area contributed by atoms with Gasteiger partial charge >= 0.3 is 6.03 Å². The van der Waals surface area contributed by atoms with Crippen LogP contribution in [0.5, 0.6) is 0 Å². The molecule has 7 nitrogen and oxygen atoms in total. The molecule has 1 saturated heterocycles. The first kappa shape index (κ1) is 17.3. The molecule has 0 spiro atoms. The number of nitrogens with one attached hydrogen (secondary N) is 2. The van der Waals surface area contributed by atoms with E-state index in [1.54, 1.807) is 29.3 Å². The topological polar surface area (TPSA) is 78.8 Å². The number of likely N-dealkylation sites (tertiary alicyclic amines) is 1. The van der Waals surface area contributed by atoms with Crippen molar-refractivity contribution in [3.05, 3.63) is 66.0 Å². The summed E-state index contributed by atoms with van der Waals surface area (Å²) in [6.45, 7) is 1.85. The molecular weight excluding hydrogens is 347 g/mol. The molecule has 3 aromatic rings. The summed E-state index contributed by atoms with van der Waals surface area (Å²) < 4.78 is 14.9. The van der Waals surface area contributed by atoms with E-state index in [2.05, 4.69) is 20.6 Å². The van der Waals surface area contributed by atoms with Gasteiger partial charge in [-0.1, -0.05) is 12.1 Å². The molecule has 2 amide bonds. The number of piperidine rings is 1. The fourth-order valence-electron chi connectivity index (χ4n) is 3.43. The molecule has 2 N–H and O–H groups in total. The van der Waals surface area contributed by atoms with Crippen LogP contribution in [0.2, 0.25) is 0 Å². The quantitative estimate of drug-likeness (QED) is 0.742. The van der Waals surface area contributed by atoms with E-state index in [9.17, 15) is 9.18 Å². The summed E-state index contributed by atoms with van der Waals surface area (Å²) in [5.41, 5.74) is 2.58. The lowest BCUT2D eigenvalue weighted by atomic mass is 9.94. The Hall–Kier alpha value is -3.16. The molecule has 0 aliphatic carbocycles. The average Bonchev–Trinajstić information content (AvgIpc) is 3.34. The first-order valence-electron chi connectivity index (χ1n) is 8.99. The minimum Gasteiger partial charge on any atom is -0.324 e. The molecule has 3 heterocycles. The number of amides is 2. The van der Waals surface area contributed by atoms with Crippen molar-refractivity contribution >= 4 is 11.7 Å². The molecule has 1 fully saturated rings. The summed E-state index contributed by atoms with van der Waals surface area (Å²) in [6.07, 6.45) is 6.94. The number of nitrogens with zero attached hydrogens (tertiary/aromatic N) is 4. The molecule has 0 saturated carbocycles. The van der Waals surface area contributed by atoms with Crippen molar-refractivity contribution in [1.82, 2.24) is 24.9 Å². The van der Waals surface area contributed by atoms with Gasteiger partial charge in [-0.25, -0.2) is 9.18 Å². The van der Waals surface area contributed by atoms with Crippen molar-refractivity contribution in [2.75, 3.05) is 18.4 Å². The Balaban J connectivity index is 1.31. The molecule has 1 aliphatic rings. The molecule has 4 rings (SSSR count). The second kappa shape index (κ2) is 7.61. The van der Waals surface area contributed by atoms with E-state index >= 15 is 0 Å². The highest BCUT2D eigenvalue weighted by Gasteiger charge is 2.24. The Morgan fingerprint density at radius 3 is 2.89 bits per heavy atom. The van der Waals surface area contributed by atoms with Gasteiger partial charge in [0.1, 0.15) is 5.82 Å². The predicted octanol–water partition coefficient (Wildman–Crippen LogP) is 3.21. The first-order chi connectivity index (χ1) is 13.2. The van der Waals surface area contributed by atoms with Crippen LogP contribution in [-0.4, -0.2) is 44.0 Å². The van der Waals surface area contributed by atoms with Crippen LogP contribution >= 0.6 is 0 Å². The van der Waals surface area contributed by atoms with E-state index in [1.165, 1.54) is 12.1 Å². The maximum atomic E-state index is 13.3. The molecule has 1 aliphatic heterocycles. The van der Waals surface area contributed by atoms with Crippen LogP contribution in [0.25, 0.3) is 0 Å². The van der Waals surface area contributed by atoms with Gasteiger partial charge in [-0.3, -0.25) is 9.78 Å². The second-order valence-electron chi connectivity index (χ2n) is 6.76. The van der Waals surface area contributed by atoms with Crippen molar-refractivity contribution in [3.63, 3.8) is 0 Å². The van der Waals surface area contributed by atoms with E-state index in [-0.39, 0.29) is 11.8 Å². The van der Waals surface area contributed by atoms with Gasteiger partial charge < -0.3 is 10.2 Å². The van der Waals surface area contributed by atoms with Crippen LogP contribution < -0.4 is 5.32 Å². The lowest BCUT2D eigenvalue weighted by Crippen LogP contribution is -2.40. The largest absolute Gasteiger partial charge is 0.324 e. The fraction of sp³-hybridized carbons (Fsp3) is 0.316. The minimum atomic E-state index is -0.272. The number of anilines is 1. The van der Waals surface area contributed by atoms with Crippen molar-refractivity contribution in [2.24, 2.45) is 0 Å². The monoisotopic (exact) mass is 368 g/mol. The Kier molecular flexibility index (Phi) is 4.86. The maximum absolute atomic E-state index is 13.3. The number of aromatic nitrogens is 4. The Bertz CT molecular complexity index is 899. The van der Waals surface area contributed by atoms with Gasteiger partial charge in [-0.2, -0.15) is 10.2 Å². The first-order valence-corrected chi connectivity index (χ1v) is 8.99. The highest BCUT2D eigenvalue weighted by Crippen LogP contribution is 2.26. The molecule has 8 heteroatoms. The third kappa shape index (κ3) is 4.16. The number of urea groups is 1. The number of benzene rings is 1. The van der Waals surface area contributed by atoms with Crippen molar-refractivity contribution in [2.45, 2.75) is 25.3 Å². The van der Waals surface area contributed by atoms with E-state index < -0.39 is 0 Å². The highest BCUT2D eigenvalue weighted by molar-refractivity contribution is 5.89. The van der Waals surface area contributed by atoms with Crippen molar-refractivity contribution in [3.8, 4) is 0 Å². The number of aromatic amines is 1. The normalized spacial score (nSPS) is 15.1. The SMILES string of the molecule is O=C(Nc1cnn(Cc2cccc(F)c2)c1)N1CCC(c2ccn[nH]2)CC1. The molecule has 27 heavy (non-hydrogen) atoms. The summed E-state index contributed by atoms with van der Waals surface area (Å²) in [7, 11) is 0. The van der Waals surface area contributed by atoms with Gasteiger partial charge in [0, 0.05) is 37.1 Å². The van der Waals surface area contributed by atoms with Crippen LogP contribution in [0, 0.1) is 5.82 Å². The number of hydrogen-bond acceptors (Lipinski definition) is 3. The third-order valence-corrected chi connectivity index (χ3v) is 4.86. The van der Waals surface area contributed by atoms with Gasteiger partial charge in [0.15, 0.2) is 0 Å². The number of carbonyl (C=O) groups is 1. The van der Waals surface area contributed by atoms with Gasteiger partial charge in [0.2, 0.25) is 0 Å². The second-order valence-corrected chi connectivity index (χ2v) is 6.76. The van der Waals surface area contributed by atoms with Crippen LogP contribution in [0.15, 0.2) is 48.9 Å². The zero-order chi connectivity index (χ0) is 18.6. The number of halogens is 1. The Morgan fingerprint density at radius 2 is 2.15 bits per heavy atom. The van der Waals surface area contributed by atoms with Gasteiger partial charge in [0.25, 0.3) is 0 Å². The van der Waals surface area contributed by atoms with Crippen molar-refractivity contribution in [1.29, 1.82) is 0 Å². The summed E-state index contributed by atoms with van der Waals surface area (Å²) >= 11 is 0. The zero-order valence-electron chi connectivity index (χ0n) is 14.8. The summed E-state index contributed by atoms with van der Waals surface area (Å²) in [6, 6.07) is 8.27. The van der Waals surface area contributed by atoms with Crippen LogP contribution in [0.3, 0.4) is 0 Å². The Labute approximate surface area is 156 Å². The molecule has 0 atom stereocenters. The molecule has 0 radical (unpaired) electrons. The molecule has 0 unspecified atom stereocenters. The number of rotatable bonds is 4. The molecule has 1 aromatic carbocycles. The van der Waals surface area contributed by atoms with E-state index in [4.69, 9.17) is 0 Å². The van der Waals surface area contributed by atoms with Gasteiger partial charge in [-0.15, -0.1) is 0 Å². The standard InChI is InChI=1S/C19H21FN6O/c20-16-3-1-2-14(10-16)12-26-13-17(11-22-26)23-19(27)25-8-5-15(6-9-25)18-4-7-21-24-18/h1-4,7,10-11,13,15H,5-6,8-9,12H2,(H,21,24)(H,23,27). The average molecular weight is 368 g/mol. The number of carbonyl (C=O) groups excluding carboxylic acids is 1. The molecule has 2 aromatic heterocycles. The fourth-order valence-corrected chi connectivity index (χ4v) is 3.43. The summed E-state index contributed by atoms with van der Waals surface area (Å²) in [5, 5.41) is 14.1. The summed E-state index contributed by atoms with van der Waals surface area (Å²) in [5.74, 6) is 0.150. The third-order valence-electron chi connectivity index (χ3n) is 4.86. The lowest BCUT2D eigenvalue weighted by molar-refractivity contribution is 0.194. The smallest absolute Gasteiger partial charge is 0.321 e. The highest BCUT2D eigenvalue weighted by atomic mass is 19.1. The van der Waals surface area contributed by atoms with E-state index in [0.717, 1.165) is 24.1 Å². The van der Waals surface area contributed by atoms with Gasteiger partial charge in [-0.05, 0) is 36.6 Å². The number of H-pyrrole nitrogens is 1. The van der Waals surface area contributed by atoms with Crippen LogP contribution in [-0.2, 0) is 6.54 Å². The molecule has 140 valence electrons.